The quantitative estimate of drug-likeness (QED) is 0.482. The fraction of sp³-hybridized carbons (Fsp3) is 0.120. The first-order chi connectivity index (χ1) is 16.3. The number of carbonyl (C=O) groups is 2. The Balaban J connectivity index is 1.71. The van der Waals surface area contributed by atoms with Gasteiger partial charge in [0, 0.05) is 4.90 Å². The van der Waals surface area contributed by atoms with Crippen molar-refractivity contribution in [3.05, 3.63) is 107 Å². The number of benzene rings is 3. The number of thioether (sulfide) groups is 1. The third kappa shape index (κ3) is 3.43. The van der Waals surface area contributed by atoms with E-state index in [0.717, 1.165) is 16.7 Å². The lowest BCUT2D eigenvalue weighted by molar-refractivity contribution is -0.190. The molecule has 34 heavy (non-hydrogen) atoms. The Kier molecular flexibility index (Phi) is 5.36. The second kappa shape index (κ2) is 8.25. The molecule has 0 aromatic heterocycles. The zero-order chi connectivity index (χ0) is 23.9. The fourth-order valence-electron chi connectivity index (χ4n) is 4.11. The second-order valence-electron chi connectivity index (χ2n) is 7.69. The van der Waals surface area contributed by atoms with Crippen LogP contribution in [0.4, 0.5) is 23.7 Å². The molecule has 5 nitrogen and oxygen atoms in total. The van der Waals surface area contributed by atoms with Gasteiger partial charge in [-0.1, -0.05) is 84.6 Å². The van der Waals surface area contributed by atoms with Crippen LogP contribution in [0, 0.1) is 0 Å². The van der Waals surface area contributed by atoms with Crippen molar-refractivity contribution in [1.29, 1.82) is 0 Å². The van der Waals surface area contributed by atoms with Crippen molar-refractivity contribution in [2.75, 3.05) is 4.90 Å². The van der Waals surface area contributed by atoms with E-state index in [0.29, 0.717) is 16.1 Å². The lowest BCUT2D eigenvalue weighted by atomic mass is 9.80. The van der Waals surface area contributed by atoms with Crippen LogP contribution in [0.3, 0.4) is 0 Å². The maximum Gasteiger partial charge on any atom is 0.420 e. The van der Waals surface area contributed by atoms with Crippen LogP contribution in [0.2, 0.25) is 0 Å². The highest BCUT2D eigenvalue weighted by atomic mass is 32.2. The highest BCUT2D eigenvalue weighted by Gasteiger charge is 2.66. The lowest BCUT2D eigenvalue weighted by Gasteiger charge is -2.43. The van der Waals surface area contributed by atoms with E-state index in [1.165, 1.54) is 24.3 Å². The molecule has 0 saturated heterocycles. The number of nitrogens with one attached hydrogen (secondary N) is 1. The number of esters is 1. The Bertz CT molecular complexity index is 1300. The summed E-state index contributed by atoms with van der Waals surface area (Å²) in [5.74, 6) is -1.16. The van der Waals surface area contributed by atoms with E-state index < -0.39 is 29.3 Å². The number of nitrogens with zero attached hydrogens (tertiary/aromatic N) is 1. The SMILES string of the molecule is O=C(OCc1ccccc1)C1=C2Sc3ccccc3N2C(=O)N[C@]1(c1ccccc1)C(F)(F)F. The zero-order valence-electron chi connectivity index (χ0n) is 17.5. The highest BCUT2D eigenvalue weighted by Crippen LogP contribution is 2.56. The number of hydrogen-bond acceptors (Lipinski definition) is 4. The predicted molar refractivity (Wildman–Crippen MR) is 121 cm³/mol. The normalized spacial score (nSPS) is 19.4. The Morgan fingerprint density at radius 1 is 0.941 bits per heavy atom. The molecule has 1 N–H and O–H groups in total. The first-order valence-corrected chi connectivity index (χ1v) is 11.1. The van der Waals surface area contributed by atoms with Crippen molar-refractivity contribution in [3.8, 4) is 0 Å². The number of halogens is 3. The van der Waals surface area contributed by atoms with E-state index in [4.69, 9.17) is 4.74 Å². The Morgan fingerprint density at radius 2 is 1.56 bits per heavy atom. The molecule has 3 aromatic rings. The van der Waals surface area contributed by atoms with Gasteiger partial charge in [-0.2, -0.15) is 13.2 Å². The number of ether oxygens (including phenoxy) is 1. The van der Waals surface area contributed by atoms with Gasteiger partial charge in [0.15, 0.2) is 5.54 Å². The van der Waals surface area contributed by atoms with Gasteiger partial charge in [-0.15, -0.1) is 0 Å². The van der Waals surface area contributed by atoms with Gasteiger partial charge in [0.2, 0.25) is 0 Å². The summed E-state index contributed by atoms with van der Waals surface area (Å²) in [6.45, 7) is -0.218. The summed E-state index contributed by atoms with van der Waals surface area (Å²) in [5.41, 5.74) is -3.02. The molecule has 0 fully saturated rings. The summed E-state index contributed by atoms with van der Waals surface area (Å²) in [4.78, 5) is 28.2. The number of urea groups is 1. The summed E-state index contributed by atoms with van der Waals surface area (Å²) < 4.78 is 50.2. The molecule has 2 heterocycles. The van der Waals surface area contributed by atoms with Crippen LogP contribution in [0.15, 0.2) is 100 Å². The lowest BCUT2D eigenvalue weighted by Crippen LogP contribution is -2.64. The Labute approximate surface area is 197 Å². The maximum absolute atomic E-state index is 14.9. The number of para-hydroxylation sites is 1. The van der Waals surface area contributed by atoms with E-state index >= 15 is 0 Å². The van der Waals surface area contributed by atoms with E-state index in [1.807, 2.05) is 0 Å². The number of carbonyl (C=O) groups excluding carboxylic acids is 2. The van der Waals surface area contributed by atoms with Crippen LogP contribution in [0.1, 0.15) is 11.1 Å². The Morgan fingerprint density at radius 3 is 2.24 bits per heavy atom. The van der Waals surface area contributed by atoms with Gasteiger partial charge in [0.25, 0.3) is 0 Å². The van der Waals surface area contributed by atoms with Gasteiger partial charge in [0.05, 0.1) is 5.69 Å². The molecule has 172 valence electrons. The number of fused-ring (bicyclic) bond motifs is 3. The zero-order valence-corrected chi connectivity index (χ0v) is 18.3. The molecule has 2 aliphatic heterocycles. The molecular formula is C25H17F3N2O3S. The predicted octanol–water partition coefficient (Wildman–Crippen LogP) is 5.73. The molecule has 5 rings (SSSR count). The summed E-state index contributed by atoms with van der Waals surface area (Å²) >= 11 is 0.939. The first kappa shape index (κ1) is 22.1. The molecule has 1 atom stereocenters. The van der Waals surface area contributed by atoms with Crippen molar-refractivity contribution in [3.63, 3.8) is 0 Å². The molecule has 3 aromatic carbocycles. The topological polar surface area (TPSA) is 58.6 Å². The maximum atomic E-state index is 14.9. The van der Waals surface area contributed by atoms with Gasteiger partial charge >= 0.3 is 18.2 Å². The van der Waals surface area contributed by atoms with Gasteiger partial charge in [-0.3, -0.25) is 4.90 Å². The molecular weight excluding hydrogens is 465 g/mol. The molecule has 2 aliphatic rings. The van der Waals surface area contributed by atoms with Crippen LogP contribution >= 0.6 is 11.8 Å². The van der Waals surface area contributed by atoms with Crippen molar-refractivity contribution < 1.29 is 27.5 Å². The smallest absolute Gasteiger partial charge is 0.420 e. The second-order valence-corrected chi connectivity index (χ2v) is 8.72. The third-order valence-electron chi connectivity index (χ3n) is 5.65. The fourth-order valence-corrected chi connectivity index (χ4v) is 5.34. The average Bonchev–Trinajstić information content (AvgIpc) is 3.22. The molecule has 0 bridgehead atoms. The molecule has 9 heteroatoms. The summed E-state index contributed by atoms with van der Waals surface area (Å²) in [5, 5.41) is 2.00. The monoisotopic (exact) mass is 482 g/mol. The first-order valence-electron chi connectivity index (χ1n) is 10.3. The number of amides is 2. The molecule has 2 amide bonds. The van der Waals surface area contributed by atoms with Crippen molar-refractivity contribution in [2.24, 2.45) is 0 Å². The largest absolute Gasteiger partial charge is 0.457 e. The number of alkyl halides is 3. The summed E-state index contributed by atoms with van der Waals surface area (Å²) in [7, 11) is 0. The number of anilines is 1. The molecule has 0 aliphatic carbocycles. The summed E-state index contributed by atoms with van der Waals surface area (Å²) in [6.07, 6.45) is -5.04. The van der Waals surface area contributed by atoms with E-state index in [9.17, 15) is 22.8 Å². The van der Waals surface area contributed by atoms with Crippen molar-refractivity contribution in [2.45, 2.75) is 23.2 Å². The molecule has 0 unspecified atom stereocenters. The minimum Gasteiger partial charge on any atom is -0.457 e. The number of rotatable bonds is 4. The van der Waals surface area contributed by atoms with Crippen LogP contribution < -0.4 is 10.2 Å². The van der Waals surface area contributed by atoms with Gasteiger partial charge in [-0.05, 0) is 23.3 Å². The minimum atomic E-state index is -5.04. The van der Waals surface area contributed by atoms with Gasteiger partial charge in [0.1, 0.15) is 17.2 Å². The van der Waals surface area contributed by atoms with Crippen LogP contribution in [-0.4, -0.2) is 18.2 Å². The standard InChI is InChI=1S/C25H17F3N2O3S/c26-25(27,28)24(17-11-5-2-6-12-17)20(22(31)33-15-16-9-3-1-4-10-16)21-30(23(32)29-24)18-13-7-8-14-19(18)34-21/h1-14H,15H2,(H,29,32)/t24-/m0/s1. The van der Waals surface area contributed by atoms with Crippen LogP contribution in [-0.2, 0) is 21.7 Å². The molecule has 0 radical (unpaired) electrons. The van der Waals surface area contributed by atoms with Gasteiger partial charge < -0.3 is 10.1 Å². The summed E-state index contributed by atoms with van der Waals surface area (Å²) in [6, 6.07) is 21.3. The Hall–Kier alpha value is -3.72. The van der Waals surface area contributed by atoms with Crippen molar-refractivity contribution in [1.82, 2.24) is 5.32 Å². The van der Waals surface area contributed by atoms with E-state index in [-0.39, 0.29) is 17.2 Å². The van der Waals surface area contributed by atoms with Crippen molar-refractivity contribution >= 4 is 29.4 Å². The minimum absolute atomic E-state index is 0.121. The number of hydrogen-bond donors (Lipinski definition) is 1. The van der Waals surface area contributed by atoms with Crippen LogP contribution in [0.5, 0.6) is 0 Å². The highest BCUT2D eigenvalue weighted by molar-refractivity contribution is 8.03. The molecule has 0 spiro atoms. The van der Waals surface area contributed by atoms with Gasteiger partial charge in [-0.25, -0.2) is 9.59 Å². The molecule has 0 saturated carbocycles. The third-order valence-corrected chi connectivity index (χ3v) is 6.80. The van der Waals surface area contributed by atoms with Crippen LogP contribution in [0.25, 0.3) is 0 Å². The van der Waals surface area contributed by atoms with E-state index in [1.54, 1.807) is 60.7 Å². The average molecular weight is 482 g/mol. The van der Waals surface area contributed by atoms with E-state index in [2.05, 4.69) is 5.32 Å².